The molecule has 2 aliphatic heterocycles. The fourth-order valence-corrected chi connectivity index (χ4v) is 1.74. The molecule has 0 aliphatic carbocycles. The zero-order valence-electron chi connectivity index (χ0n) is 12.0. The number of aliphatic hydroxyl groups is 2. The van der Waals surface area contributed by atoms with Crippen LogP contribution in [0.25, 0.3) is 0 Å². The molecule has 19 heavy (non-hydrogen) atoms. The highest BCUT2D eigenvalue weighted by atomic mass is 16.7. The monoisotopic (exact) mass is 270 g/mol. The number of hydrogen-bond donors (Lipinski definition) is 1. The minimum atomic E-state index is -0.879. The molecular weight excluding hydrogens is 247 g/mol. The van der Waals surface area contributed by atoms with Crippen LogP contribution in [0.15, 0.2) is 11.8 Å². The molecule has 2 heterocycles. The maximum absolute atomic E-state index is 10.0. The molecule has 2 aliphatic rings. The van der Waals surface area contributed by atoms with Gasteiger partial charge in [0.25, 0.3) is 0 Å². The molecule has 0 bridgehead atoms. The predicted octanol–water partition coefficient (Wildman–Crippen LogP) is 0.686. The minimum absolute atomic E-state index is 0.107. The van der Waals surface area contributed by atoms with Gasteiger partial charge in [0.1, 0.15) is 5.60 Å². The Morgan fingerprint density at radius 1 is 1.26 bits per heavy atom. The van der Waals surface area contributed by atoms with E-state index in [1.165, 1.54) is 0 Å². The highest BCUT2D eigenvalue weighted by Crippen LogP contribution is 2.27. The van der Waals surface area contributed by atoms with Gasteiger partial charge in [-0.2, -0.15) is 0 Å². The van der Waals surface area contributed by atoms with Crippen molar-refractivity contribution in [1.29, 1.82) is 0 Å². The van der Waals surface area contributed by atoms with Crippen LogP contribution in [0.2, 0.25) is 0 Å². The fourth-order valence-electron chi connectivity index (χ4n) is 1.74. The molecule has 6 heteroatoms. The van der Waals surface area contributed by atoms with Crippen LogP contribution in [-0.4, -0.2) is 54.0 Å². The average Bonchev–Trinajstić information content (AvgIpc) is 2.96. The molecule has 0 aromatic heterocycles. The molecule has 0 aromatic carbocycles. The quantitative estimate of drug-likeness (QED) is 0.589. The smallest absolute Gasteiger partial charge is 0.532 e. The lowest BCUT2D eigenvalue weighted by Crippen LogP contribution is -2.51. The molecular formula is C13H23BO5+. The first kappa shape index (κ1) is 14.8. The van der Waals surface area contributed by atoms with Gasteiger partial charge in [0.2, 0.25) is 0 Å². The van der Waals surface area contributed by atoms with E-state index in [-0.39, 0.29) is 12.3 Å². The van der Waals surface area contributed by atoms with Crippen LogP contribution in [-0.2, 0) is 14.2 Å². The van der Waals surface area contributed by atoms with Crippen molar-refractivity contribution in [2.75, 3.05) is 13.2 Å². The van der Waals surface area contributed by atoms with Crippen LogP contribution in [0.3, 0.4) is 0 Å². The van der Waals surface area contributed by atoms with Crippen molar-refractivity contribution in [3.8, 4) is 0 Å². The molecule has 107 valence electrons. The highest BCUT2D eigenvalue weighted by Gasteiger charge is 2.43. The first-order valence-electron chi connectivity index (χ1n) is 6.65. The lowest BCUT2D eigenvalue weighted by Gasteiger charge is -2.34. The molecule has 0 aromatic rings. The first-order chi connectivity index (χ1) is 8.79. The van der Waals surface area contributed by atoms with E-state index in [1.807, 2.05) is 13.8 Å². The van der Waals surface area contributed by atoms with Crippen molar-refractivity contribution < 1.29 is 24.0 Å². The van der Waals surface area contributed by atoms with Crippen LogP contribution in [0.1, 0.15) is 34.1 Å². The molecule has 0 spiro atoms. The maximum atomic E-state index is 10.0. The van der Waals surface area contributed by atoms with Crippen LogP contribution in [0.5, 0.6) is 0 Å². The summed E-state index contributed by atoms with van der Waals surface area (Å²) < 4.78 is 20.8. The molecule has 1 fully saturated rings. The molecule has 5 nitrogen and oxygen atoms in total. The van der Waals surface area contributed by atoms with E-state index in [0.717, 1.165) is 12.0 Å². The molecule has 0 saturated carbocycles. The zero-order chi connectivity index (χ0) is 14.1. The van der Waals surface area contributed by atoms with Gasteiger partial charge in [-0.15, -0.1) is 0 Å². The van der Waals surface area contributed by atoms with Crippen molar-refractivity contribution in [2.45, 2.75) is 57.6 Å². The predicted molar refractivity (Wildman–Crippen MR) is 71.6 cm³/mol. The van der Waals surface area contributed by atoms with Crippen molar-refractivity contribution in [3.05, 3.63) is 11.8 Å². The van der Waals surface area contributed by atoms with Gasteiger partial charge >= 0.3 is 7.48 Å². The van der Waals surface area contributed by atoms with Crippen molar-refractivity contribution in [3.63, 3.8) is 0 Å². The largest absolute Gasteiger partial charge is 0.630 e. The molecule has 1 unspecified atom stereocenters. The molecule has 1 radical (unpaired) electrons. The van der Waals surface area contributed by atoms with Gasteiger partial charge in [-0.25, -0.2) is 0 Å². The molecule has 0 amide bonds. The number of rotatable bonds is 5. The average molecular weight is 270 g/mol. The Kier molecular flexibility index (Phi) is 4.25. The Bertz CT molecular complexity index is 341. The Morgan fingerprint density at radius 2 is 1.89 bits per heavy atom. The van der Waals surface area contributed by atoms with Crippen molar-refractivity contribution in [2.24, 2.45) is 0 Å². The fraction of sp³-hybridized carbons (Fsp3) is 0.846. The maximum Gasteiger partial charge on any atom is 0.630 e. The van der Waals surface area contributed by atoms with Gasteiger partial charge in [0.15, 0.2) is 17.9 Å². The summed E-state index contributed by atoms with van der Waals surface area (Å²) in [6.07, 6.45) is 2.15. The normalized spacial score (nSPS) is 25.3. The zero-order valence-corrected chi connectivity index (χ0v) is 12.0. The van der Waals surface area contributed by atoms with Gasteiger partial charge in [-0.3, -0.25) is 0 Å². The van der Waals surface area contributed by atoms with E-state index in [1.54, 1.807) is 27.6 Å². The highest BCUT2D eigenvalue weighted by molar-refractivity contribution is 6.28. The topological polar surface area (TPSA) is 60.7 Å². The van der Waals surface area contributed by atoms with Crippen LogP contribution < -0.4 is 0 Å². The molecule has 1 saturated heterocycles. The third-order valence-electron chi connectivity index (χ3n) is 3.82. The summed E-state index contributed by atoms with van der Waals surface area (Å²) in [6.45, 7) is 8.57. The third kappa shape index (κ3) is 3.51. The summed E-state index contributed by atoms with van der Waals surface area (Å²) in [5.41, 5.74) is -0.426. The van der Waals surface area contributed by atoms with Gasteiger partial charge in [-0.05, 0) is 13.8 Å². The summed E-state index contributed by atoms with van der Waals surface area (Å²) in [5, 5.41) is 10.0. The number of hydrogen-bond acceptors (Lipinski definition) is 4. The Morgan fingerprint density at radius 3 is 2.47 bits per heavy atom. The minimum Gasteiger partial charge on any atom is -0.532 e. The Balaban J connectivity index is 1.78. The second-order valence-electron chi connectivity index (χ2n) is 6.04. The Labute approximate surface area is 115 Å². The standard InChI is InChI=1S/C13H23BO5/c1-12(2,15)13(3,4)19-14-10-7-9(8-18-10)11-16-5-6-17-11/h8,10-11,15,19H,5-7H2,1-4H3/q+1. The van der Waals surface area contributed by atoms with Crippen molar-refractivity contribution in [1.82, 2.24) is 0 Å². The third-order valence-corrected chi connectivity index (χ3v) is 3.82. The van der Waals surface area contributed by atoms with E-state index in [9.17, 15) is 5.11 Å². The molecule has 1 atom stereocenters. The lowest BCUT2D eigenvalue weighted by molar-refractivity contribution is -0.161. The summed E-state index contributed by atoms with van der Waals surface area (Å²) >= 11 is 0. The SMILES string of the molecule is CC(C)(O)C(C)(C)[OH+][B]C1CC(C2OCCO2)=CO1. The van der Waals surface area contributed by atoms with E-state index in [0.29, 0.717) is 13.2 Å². The van der Waals surface area contributed by atoms with Gasteiger partial charge < -0.3 is 24.0 Å². The summed E-state index contributed by atoms with van der Waals surface area (Å²) in [4.78, 5) is 0. The van der Waals surface area contributed by atoms with E-state index in [4.69, 9.17) is 14.2 Å². The lowest BCUT2D eigenvalue weighted by atomic mass is 9.82. The van der Waals surface area contributed by atoms with Crippen LogP contribution >= 0.6 is 0 Å². The number of ether oxygens (including phenoxy) is 3. The molecule has 2 rings (SSSR count). The molecule has 2 N–H and O–H groups in total. The van der Waals surface area contributed by atoms with E-state index >= 15 is 0 Å². The van der Waals surface area contributed by atoms with Crippen molar-refractivity contribution >= 4 is 7.48 Å². The second kappa shape index (κ2) is 5.44. The van der Waals surface area contributed by atoms with Gasteiger partial charge in [0, 0.05) is 25.8 Å². The summed E-state index contributed by atoms with van der Waals surface area (Å²) in [6, 6.07) is -0.107. The van der Waals surface area contributed by atoms with Gasteiger partial charge in [-0.1, -0.05) is 0 Å². The van der Waals surface area contributed by atoms with E-state index < -0.39 is 11.2 Å². The van der Waals surface area contributed by atoms with Crippen LogP contribution in [0.4, 0.5) is 0 Å². The van der Waals surface area contributed by atoms with Crippen LogP contribution in [0, 0.1) is 0 Å². The first-order valence-corrected chi connectivity index (χ1v) is 6.65. The summed E-state index contributed by atoms with van der Waals surface area (Å²) in [5.74, 6) is 0. The summed E-state index contributed by atoms with van der Waals surface area (Å²) in [7, 11) is 1.76. The van der Waals surface area contributed by atoms with Gasteiger partial charge in [0.05, 0.1) is 19.5 Å². The second-order valence-corrected chi connectivity index (χ2v) is 6.04. The Hall–Kier alpha value is -0.555. The van der Waals surface area contributed by atoms with E-state index in [2.05, 4.69) is 4.65 Å².